The summed E-state index contributed by atoms with van der Waals surface area (Å²) in [4.78, 5) is 27.5. The number of carboxylic acids is 1. The van der Waals surface area contributed by atoms with Crippen LogP contribution in [0.25, 0.3) is 0 Å². The lowest BCUT2D eigenvalue weighted by Gasteiger charge is -2.25. The number of carbonyl (C=O) groups is 2. The third kappa shape index (κ3) is 2.81. The Morgan fingerprint density at radius 1 is 1.43 bits per heavy atom. The van der Waals surface area contributed by atoms with Crippen LogP contribution in [-0.2, 0) is 9.59 Å². The molecule has 1 N–H and O–H groups in total. The number of hydrogen-bond acceptors (Lipinski definition) is 3. The molecule has 2 saturated heterocycles. The Morgan fingerprint density at radius 3 is 2.78 bits per heavy atom. The summed E-state index contributed by atoms with van der Waals surface area (Å²) in [7, 11) is 0. The van der Waals surface area contributed by atoms with E-state index in [-0.39, 0.29) is 17.0 Å². The maximum atomic E-state index is 13.6. The number of rotatable bonds is 3. The highest BCUT2D eigenvalue weighted by Crippen LogP contribution is 2.35. The molecular weight excluding hydrogens is 323 g/mol. The molecule has 1 aromatic carbocycles. The molecule has 5 nitrogen and oxygen atoms in total. The molecule has 0 aromatic heterocycles. The molecule has 2 aliphatic heterocycles. The van der Waals surface area contributed by atoms with Gasteiger partial charge in [-0.15, -0.1) is 0 Å². The Morgan fingerprint density at radius 2 is 2.17 bits per heavy atom. The maximum absolute atomic E-state index is 13.6. The summed E-state index contributed by atoms with van der Waals surface area (Å²) in [5.74, 6) is -1.50. The van der Waals surface area contributed by atoms with Gasteiger partial charge in [-0.05, 0) is 38.0 Å². The lowest BCUT2D eigenvalue weighted by Crippen LogP contribution is -2.42. The van der Waals surface area contributed by atoms with Crippen molar-refractivity contribution in [2.45, 2.75) is 25.8 Å². The zero-order chi connectivity index (χ0) is 16.8. The van der Waals surface area contributed by atoms with Crippen LogP contribution in [-0.4, -0.2) is 47.6 Å². The van der Waals surface area contributed by atoms with Crippen LogP contribution >= 0.6 is 11.6 Å². The third-order valence-corrected chi connectivity index (χ3v) is 5.16. The SMILES string of the molecule is CC1(C(=O)O)CCN(C2CCN(c3ccc(Cl)c(F)c3)C2=O)C1. The summed E-state index contributed by atoms with van der Waals surface area (Å²) in [5.41, 5.74) is -0.320. The van der Waals surface area contributed by atoms with Crippen molar-refractivity contribution in [2.24, 2.45) is 5.41 Å². The topological polar surface area (TPSA) is 60.9 Å². The standard InChI is InChI=1S/C16H18ClFN2O3/c1-16(15(22)23)5-7-19(9-16)13-4-6-20(14(13)21)10-2-3-11(17)12(18)8-10/h2-3,8,13H,4-7,9H2,1H3,(H,22,23). The highest BCUT2D eigenvalue weighted by atomic mass is 35.5. The number of nitrogens with zero attached hydrogens (tertiary/aromatic N) is 2. The molecule has 2 heterocycles. The molecule has 23 heavy (non-hydrogen) atoms. The lowest BCUT2D eigenvalue weighted by molar-refractivity contribution is -0.147. The van der Waals surface area contributed by atoms with Crippen LogP contribution in [0.2, 0.25) is 5.02 Å². The van der Waals surface area contributed by atoms with Crippen LogP contribution < -0.4 is 4.90 Å². The number of carbonyl (C=O) groups excluding carboxylic acids is 1. The molecule has 0 radical (unpaired) electrons. The van der Waals surface area contributed by atoms with Gasteiger partial charge in [0.2, 0.25) is 5.91 Å². The number of likely N-dealkylation sites (tertiary alicyclic amines) is 1. The minimum atomic E-state index is -0.831. The van der Waals surface area contributed by atoms with E-state index in [4.69, 9.17) is 11.6 Å². The second kappa shape index (κ2) is 5.76. The number of anilines is 1. The molecule has 2 unspecified atom stereocenters. The van der Waals surface area contributed by atoms with Gasteiger partial charge in [0.1, 0.15) is 5.82 Å². The third-order valence-electron chi connectivity index (χ3n) is 4.85. The summed E-state index contributed by atoms with van der Waals surface area (Å²) in [6.07, 6.45) is 1.14. The van der Waals surface area contributed by atoms with Crippen LogP contribution in [0.1, 0.15) is 19.8 Å². The monoisotopic (exact) mass is 340 g/mol. The number of benzene rings is 1. The van der Waals surface area contributed by atoms with Gasteiger partial charge in [-0.2, -0.15) is 0 Å². The highest BCUT2D eigenvalue weighted by molar-refractivity contribution is 6.30. The number of carboxylic acid groups (broad SMARTS) is 1. The van der Waals surface area contributed by atoms with E-state index >= 15 is 0 Å². The van der Waals surface area contributed by atoms with Gasteiger partial charge in [0.25, 0.3) is 0 Å². The first-order valence-electron chi connectivity index (χ1n) is 7.56. The molecule has 124 valence electrons. The van der Waals surface area contributed by atoms with E-state index in [2.05, 4.69) is 0 Å². The van der Waals surface area contributed by atoms with Gasteiger partial charge in [-0.25, -0.2) is 4.39 Å². The molecule has 0 aliphatic carbocycles. The predicted octanol–water partition coefficient (Wildman–Crippen LogP) is 2.38. The summed E-state index contributed by atoms with van der Waals surface area (Å²) in [5, 5.41) is 9.33. The summed E-state index contributed by atoms with van der Waals surface area (Å²) in [6, 6.07) is 3.98. The Balaban J connectivity index is 1.75. The van der Waals surface area contributed by atoms with Crippen molar-refractivity contribution in [3.63, 3.8) is 0 Å². The van der Waals surface area contributed by atoms with E-state index < -0.39 is 17.2 Å². The van der Waals surface area contributed by atoms with Crippen molar-refractivity contribution in [3.8, 4) is 0 Å². The van der Waals surface area contributed by atoms with Crippen molar-refractivity contribution in [3.05, 3.63) is 29.0 Å². The molecule has 3 rings (SSSR count). The van der Waals surface area contributed by atoms with E-state index in [9.17, 15) is 19.1 Å². The Bertz CT molecular complexity index is 669. The fraction of sp³-hybridized carbons (Fsp3) is 0.500. The average molecular weight is 341 g/mol. The largest absolute Gasteiger partial charge is 0.481 e. The Labute approximate surface area is 138 Å². The molecule has 0 bridgehead atoms. The minimum Gasteiger partial charge on any atom is -0.481 e. The first-order chi connectivity index (χ1) is 10.8. The second-order valence-corrected chi connectivity index (χ2v) is 6.89. The fourth-order valence-electron chi connectivity index (χ4n) is 3.35. The molecule has 1 aromatic rings. The quantitative estimate of drug-likeness (QED) is 0.917. The van der Waals surface area contributed by atoms with E-state index in [1.807, 2.05) is 4.90 Å². The van der Waals surface area contributed by atoms with Gasteiger partial charge >= 0.3 is 5.97 Å². The zero-order valence-electron chi connectivity index (χ0n) is 12.8. The van der Waals surface area contributed by atoms with Gasteiger partial charge in [-0.3, -0.25) is 14.5 Å². The second-order valence-electron chi connectivity index (χ2n) is 6.48. The molecule has 2 fully saturated rings. The van der Waals surface area contributed by atoms with E-state index in [0.717, 1.165) is 0 Å². The fourth-order valence-corrected chi connectivity index (χ4v) is 3.47. The first kappa shape index (κ1) is 16.2. The Kier molecular flexibility index (Phi) is 4.06. The van der Waals surface area contributed by atoms with Crippen LogP contribution in [0.15, 0.2) is 18.2 Å². The maximum Gasteiger partial charge on any atom is 0.310 e. The molecule has 2 atom stereocenters. The molecule has 7 heteroatoms. The number of aliphatic carboxylic acids is 1. The number of amides is 1. The van der Waals surface area contributed by atoms with E-state index in [1.165, 1.54) is 12.1 Å². The van der Waals surface area contributed by atoms with Crippen LogP contribution in [0.4, 0.5) is 10.1 Å². The minimum absolute atomic E-state index is 0.0220. The molecule has 2 aliphatic rings. The summed E-state index contributed by atoms with van der Waals surface area (Å²) < 4.78 is 13.6. The van der Waals surface area contributed by atoms with Gasteiger partial charge in [0.05, 0.1) is 16.5 Å². The van der Waals surface area contributed by atoms with Gasteiger partial charge < -0.3 is 10.0 Å². The van der Waals surface area contributed by atoms with Crippen LogP contribution in [0, 0.1) is 11.2 Å². The molecule has 1 amide bonds. The van der Waals surface area contributed by atoms with Gasteiger partial charge in [0, 0.05) is 25.3 Å². The van der Waals surface area contributed by atoms with Crippen molar-refractivity contribution in [2.75, 3.05) is 24.5 Å². The number of hydrogen-bond donors (Lipinski definition) is 1. The van der Waals surface area contributed by atoms with Gasteiger partial charge in [-0.1, -0.05) is 11.6 Å². The molecule has 0 spiro atoms. The van der Waals surface area contributed by atoms with Crippen molar-refractivity contribution in [1.29, 1.82) is 0 Å². The van der Waals surface area contributed by atoms with Gasteiger partial charge in [0.15, 0.2) is 0 Å². The smallest absolute Gasteiger partial charge is 0.310 e. The first-order valence-corrected chi connectivity index (χ1v) is 7.93. The van der Waals surface area contributed by atoms with E-state index in [1.54, 1.807) is 17.9 Å². The normalized spacial score (nSPS) is 28.6. The van der Waals surface area contributed by atoms with Crippen molar-refractivity contribution >= 4 is 29.2 Å². The summed E-state index contributed by atoms with van der Waals surface area (Å²) in [6.45, 7) is 3.15. The highest BCUT2D eigenvalue weighted by Gasteiger charge is 2.46. The molecular formula is C16H18ClFN2O3. The lowest BCUT2D eigenvalue weighted by atomic mass is 9.90. The number of halogens is 2. The Hall–Kier alpha value is -1.66. The summed E-state index contributed by atoms with van der Waals surface area (Å²) >= 11 is 5.67. The predicted molar refractivity (Wildman–Crippen MR) is 84.1 cm³/mol. The van der Waals surface area contributed by atoms with Crippen LogP contribution in [0.5, 0.6) is 0 Å². The van der Waals surface area contributed by atoms with Crippen molar-refractivity contribution in [1.82, 2.24) is 4.90 Å². The zero-order valence-corrected chi connectivity index (χ0v) is 13.5. The van der Waals surface area contributed by atoms with E-state index in [0.29, 0.717) is 38.2 Å². The van der Waals surface area contributed by atoms with Crippen LogP contribution in [0.3, 0.4) is 0 Å². The van der Waals surface area contributed by atoms with Crippen molar-refractivity contribution < 1.29 is 19.1 Å². The average Bonchev–Trinajstić information content (AvgIpc) is 3.06. The molecule has 0 saturated carbocycles.